The number of H-pyrrole nitrogens is 1. The SMILES string of the molecule is CCOC1(c2nc(=S)cc(C3CC3)[nH]2)CCOCC1. The van der Waals surface area contributed by atoms with Crippen molar-refractivity contribution in [3.05, 3.63) is 22.2 Å². The van der Waals surface area contributed by atoms with E-state index in [2.05, 4.69) is 9.97 Å². The van der Waals surface area contributed by atoms with Gasteiger partial charge in [-0.25, -0.2) is 4.98 Å². The molecule has 1 saturated carbocycles. The van der Waals surface area contributed by atoms with Gasteiger partial charge < -0.3 is 14.5 Å². The quantitative estimate of drug-likeness (QED) is 0.861. The van der Waals surface area contributed by atoms with Crippen molar-refractivity contribution in [3.8, 4) is 0 Å². The summed E-state index contributed by atoms with van der Waals surface area (Å²) in [7, 11) is 0. The zero-order chi connectivity index (χ0) is 13.3. The van der Waals surface area contributed by atoms with E-state index >= 15 is 0 Å². The first-order valence-corrected chi connectivity index (χ1v) is 7.48. The summed E-state index contributed by atoms with van der Waals surface area (Å²) in [5.41, 5.74) is 0.881. The second kappa shape index (κ2) is 5.31. The van der Waals surface area contributed by atoms with Crippen LogP contribution in [0.3, 0.4) is 0 Å². The minimum absolute atomic E-state index is 0.342. The molecule has 19 heavy (non-hydrogen) atoms. The summed E-state index contributed by atoms with van der Waals surface area (Å²) in [6.45, 7) is 4.14. The van der Waals surface area contributed by atoms with E-state index in [1.54, 1.807) is 0 Å². The Morgan fingerprint density at radius 2 is 2.21 bits per heavy atom. The largest absolute Gasteiger partial charge is 0.381 e. The summed E-state index contributed by atoms with van der Waals surface area (Å²) in [6, 6.07) is 2.00. The van der Waals surface area contributed by atoms with Gasteiger partial charge in [0.2, 0.25) is 0 Å². The molecule has 1 aliphatic heterocycles. The lowest BCUT2D eigenvalue weighted by molar-refractivity contribution is -0.118. The molecule has 5 heteroatoms. The van der Waals surface area contributed by atoms with Crippen molar-refractivity contribution in [3.63, 3.8) is 0 Å². The second-order valence-electron chi connectivity index (χ2n) is 5.34. The van der Waals surface area contributed by atoms with E-state index in [0.29, 0.717) is 17.2 Å². The predicted octanol–water partition coefficient (Wildman–Crippen LogP) is 3.06. The molecule has 3 rings (SSSR count). The van der Waals surface area contributed by atoms with Crippen molar-refractivity contribution in [1.29, 1.82) is 0 Å². The van der Waals surface area contributed by atoms with Crippen LogP contribution in [0.25, 0.3) is 0 Å². The van der Waals surface area contributed by atoms with Gasteiger partial charge in [-0.1, -0.05) is 12.2 Å². The smallest absolute Gasteiger partial charge is 0.140 e. The van der Waals surface area contributed by atoms with Crippen molar-refractivity contribution in [2.75, 3.05) is 19.8 Å². The Morgan fingerprint density at radius 1 is 1.47 bits per heavy atom. The van der Waals surface area contributed by atoms with Crippen LogP contribution in [0, 0.1) is 4.64 Å². The van der Waals surface area contributed by atoms with Crippen LogP contribution in [0.4, 0.5) is 0 Å². The summed E-state index contributed by atoms with van der Waals surface area (Å²) < 4.78 is 12.2. The second-order valence-corrected chi connectivity index (χ2v) is 5.76. The van der Waals surface area contributed by atoms with Gasteiger partial charge in [0.1, 0.15) is 16.1 Å². The Hall–Kier alpha value is -0.780. The molecule has 2 aliphatic rings. The number of rotatable bonds is 4. The third-order valence-electron chi connectivity index (χ3n) is 3.93. The van der Waals surface area contributed by atoms with E-state index in [1.165, 1.54) is 18.5 Å². The molecule has 0 radical (unpaired) electrons. The monoisotopic (exact) mass is 280 g/mol. The highest BCUT2D eigenvalue weighted by Gasteiger charge is 2.38. The Balaban J connectivity index is 1.99. The first-order valence-electron chi connectivity index (χ1n) is 7.07. The zero-order valence-corrected chi connectivity index (χ0v) is 12.1. The molecule has 1 aromatic rings. The number of aromatic amines is 1. The molecule has 1 N–H and O–H groups in total. The average molecular weight is 280 g/mol. The molecule has 0 atom stereocenters. The van der Waals surface area contributed by atoms with E-state index in [1.807, 2.05) is 13.0 Å². The van der Waals surface area contributed by atoms with Crippen molar-refractivity contribution < 1.29 is 9.47 Å². The van der Waals surface area contributed by atoms with Crippen LogP contribution in [-0.2, 0) is 15.1 Å². The molecule has 2 fully saturated rings. The van der Waals surface area contributed by atoms with Gasteiger partial charge in [0.25, 0.3) is 0 Å². The van der Waals surface area contributed by atoms with E-state index in [-0.39, 0.29) is 5.60 Å². The lowest BCUT2D eigenvalue weighted by atomic mass is 9.92. The van der Waals surface area contributed by atoms with Gasteiger partial charge in [-0.2, -0.15) is 0 Å². The van der Waals surface area contributed by atoms with Crippen molar-refractivity contribution in [1.82, 2.24) is 9.97 Å². The highest BCUT2D eigenvalue weighted by molar-refractivity contribution is 7.71. The fraction of sp³-hybridized carbons (Fsp3) is 0.714. The van der Waals surface area contributed by atoms with Crippen LogP contribution in [0.2, 0.25) is 0 Å². The van der Waals surface area contributed by atoms with Gasteiger partial charge in [0, 0.05) is 38.4 Å². The number of nitrogens with zero attached hydrogens (tertiary/aromatic N) is 1. The molecule has 0 spiro atoms. The predicted molar refractivity (Wildman–Crippen MR) is 74.8 cm³/mol. The van der Waals surface area contributed by atoms with Crippen molar-refractivity contribution >= 4 is 12.2 Å². The number of hydrogen-bond acceptors (Lipinski definition) is 4. The van der Waals surface area contributed by atoms with Crippen LogP contribution in [0.1, 0.15) is 50.0 Å². The standard InChI is InChI=1S/C14H20N2O2S/c1-2-18-14(5-7-17-8-6-14)13-15-11(10-3-4-10)9-12(19)16-13/h9-10H,2-8H2,1H3,(H,15,16,19). The van der Waals surface area contributed by atoms with Gasteiger partial charge in [0.05, 0.1) is 0 Å². The molecule has 1 saturated heterocycles. The average Bonchev–Trinajstić information content (AvgIpc) is 3.24. The molecule has 104 valence electrons. The number of ether oxygens (including phenoxy) is 2. The Morgan fingerprint density at radius 3 is 2.84 bits per heavy atom. The van der Waals surface area contributed by atoms with E-state index in [9.17, 15) is 0 Å². The highest BCUT2D eigenvalue weighted by Crippen LogP contribution is 2.40. The van der Waals surface area contributed by atoms with Crippen LogP contribution in [0.15, 0.2) is 6.07 Å². The fourth-order valence-corrected chi connectivity index (χ4v) is 2.95. The zero-order valence-electron chi connectivity index (χ0n) is 11.3. The fourth-order valence-electron chi connectivity index (χ4n) is 2.73. The topological polar surface area (TPSA) is 47.1 Å². The minimum atomic E-state index is -0.342. The summed E-state index contributed by atoms with van der Waals surface area (Å²) in [6.07, 6.45) is 4.18. The van der Waals surface area contributed by atoms with Crippen LogP contribution in [-0.4, -0.2) is 29.8 Å². The molecule has 0 amide bonds. The van der Waals surface area contributed by atoms with E-state index < -0.39 is 0 Å². The maximum absolute atomic E-state index is 6.05. The van der Waals surface area contributed by atoms with Crippen molar-refractivity contribution in [2.24, 2.45) is 0 Å². The summed E-state index contributed by atoms with van der Waals surface area (Å²) in [4.78, 5) is 8.02. The molecule has 0 aromatic carbocycles. The lowest BCUT2D eigenvalue weighted by Gasteiger charge is -2.36. The molecule has 4 nitrogen and oxygen atoms in total. The molecular formula is C14H20N2O2S. The third kappa shape index (κ3) is 2.73. The number of nitrogens with one attached hydrogen (secondary N) is 1. The molecular weight excluding hydrogens is 260 g/mol. The Kier molecular flexibility index (Phi) is 3.69. The maximum Gasteiger partial charge on any atom is 0.140 e. The van der Waals surface area contributed by atoms with Gasteiger partial charge >= 0.3 is 0 Å². The molecule has 2 heterocycles. The first-order chi connectivity index (χ1) is 9.23. The Bertz CT molecular complexity index is 499. The summed E-state index contributed by atoms with van der Waals surface area (Å²) in [5, 5.41) is 0. The highest BCUT2D eigenvalue weighted by atomic mass is 32.1. The molecule has 0 bridgehead atoms. The van der Waals surface area contributed by atoms with Crippen LogP contribution < -0.4 is 0 Å². The lowest BCUT2D eigenvalue weighted by Crippen LogP contribution is -2.38. The van der Waals surface area contributed by atoms with Crippen LogP contribution >= 0.6 is 12.2 Å². The minimum Gasteiger partial charge on any atom is -0.381 e. The van der Waals surface area contributed by atoms with Gasteiger partial charge in [-0.05, 0) is 31.7 Å². The maximum atomic E-state index is 6.05. The first kappa shape index (κ1) is 13.2. The van der Waals surface area contributed by atoms with Crippen molar-refractivity contribution in [2.45, 2.75) is 44.1 Å². The summed E-state index contributed by atoms with van der Waals surface area (Å²) >= 11 is 5.32. The van der Waals surface area contributed by atoms with E-state index in [4.69, 9.17) is 21.7 Å². The third-order valence-corrected chi connectivity index (χ3v) is 4.14. The normalized spacial score (nSPS) is 22.4. The number of aromatic nitrogens is 2. The van der Waals surface area contributed by atoms with Gasteiger partial charge in [-0.3, -0.25) is 0 Å². The van der Waals surface area contributed by atoms with Gasteiger partial charge in [0.15, 0.2) is 0 Å². The Labute approximate surface area is 118 Å². The molecule has 1 aromatic heterocycles. The molecule has 1 aliphatic carbocycles. The van der Waals surface area contributed by atoms with Gasteiger partial charge in [-0.15, -0.1) is 0 Å². The summed E-state index contributed by atoms with van der Waals surface area (Å²) in [5.74, 6) is 1.54. The molecule has 0 unspecified atom stereocenters. The van der Waals surface area contributed by atoms with E-state index in [0.717, 1.165) is 31.9 Å². The van der Waals surface area contributed by atoms with Crippen LogP contribution in [0.5, 0.6) is 0 Å². The number of hydrogen-bond donors (Lipinski definition) is 1.